The van der Waals surface area contributed by atoms with Gasteiger partial charge < -0.3 is 19.3 Å². The Morgan fingerprint density at radius 2 is 2.17 bits per heavy atom. The van der Waals surface area contributed by atoms with Crippen LogP contribution in [0.3, 0.4) is 0 Å². The van der Waals surface area contributed by atoms with Gasteiger partial charge in [-0.25, -0.2) is 4.79 Å². The van der Waals surface area contributed by atoms with Crippen molar-refractivity contribution in [3.63, 3.8) is 0 Å². The van der Waals surface area contributed by atoms with Crippen LogP contribution in [0.5, 0.6) is 0 Å². The molecule has 1 spiro atoms. The molecule has 1 saturated carbocycles. The first-order chi connectivity index (χ1) is 11.3. The van der Waals surface area contributed by atoms with E-state index in [0.29, 0.717) is 19.4 Å². The Morgan fingerprint density at radius 1 is 1.46 bits per heavy atom. The second-order valence-electron chi connectivity index (χ2n) is 8.14. The molecule has 2 aliphatic heterocycles. The molecule has 1 N–H and O–H groups in total. The number of epoxide rings is 1. The molecule has 24 heavy (non-hydrogen) atoms. The van der Waals surface area contributed by atoms with Crippen LogP contribution < -0.4 is 0 Å². The lowest BCUT2D eigenvalue weighted by molar-refractivity contribution is -0.216. The number of esters is 1. The van der Waals surface area contributed by atoms with Gasteiger partial charge in [0.15, 0.2) is 0 Å². The van der Waals surface area contributed by atoms with Gasteiger partial charge in [-0.15, -0.1) is 0 Å². The van der Waals surface area contributed by atoms with Gasteiger partial charge in [-0.2, -0.15) is 0 Å². The van der Waals surface area contributed by atoms with Crippen molar-refractivity contribution < 1.29 is 24.1 Å². The standard InChI is InChI=1S/C19H26O5/c1-5-6-16(21)24-14-8-15-19(10-22-19)18(14,4)17(3)9-12(20)11(2)7-13(17)23-15/h5-7,12-15,20H,8-10H2,1-4H3/b6-5-/t12-,13+,14+,15+,17-,18+,19-/m0/s1. The summed E-state index contributed by atoms with van der Waals surface area (Å²) in [7, 11) is 0. The van der Waals surface area contributed by atoms with Crippen molar-refractivity contribution in [1.82, 2.24) is 0 Å². The number of aliphatic hydroxyl groups excluding tert-OH is 1. The van der Waals surface area contributed by atoms with E-state index in [4.69, 9.17) is 14.2 Å². The van der Waals surface area contributed by atoms with Crippen molar-refractivity contribution in [2.24, 2.45) is 10.8 Å². The van der Waals surface area contributed by atoms with E-state index in [2.05, 4.69) is 13.8 Å². The fourth-order valence-corrected chi connectivity index (χ4v) is 5.38. The molecular formula is C19H26O5. The van der Waals surface area contributed by atoms with Gasteiger partial charge in [0.25, 0.3) is 0 Å². The Labute approximate surface area is 142 Å². The number of aliphatic hydroxyl groups is 1. The molecule has 5 nitrogen and oxygen atoms in total. The molecule has 2 heterocycles. The summed E-state index contributed by atoms with van der Waals surface area (Å²) in [5, 5.41) is 10.5. The van der Waals surface area contributed by atoms with Crippen molar-refractivity contribution >= 4 is 5.97 Å². The number of hydrogen-bond donors (Lipinski definition) is 1. The molecule has 132 valence electrons. The molecule has 2 aliphatic carbocycles. The monoisotopic (exact) mass is 334 g/mol. The second kappa shape index (κ2) is 4.93. The van der Waals surface area contributed by atoms with E-state index < -0.39 is 11.7 Å². The first-order valence-electron chi connectivity index (χ1n) is 8.77. The van der Waals surface area contributed by atoms with Crippen LogP contribution in [0, 0.1) is 10.8 Å². The van der Waals surface area contributed by atoms with E-state index in [-0.39, 0.29) is 35.1 Å². The predicted molar refractivity (Wildman–Crippen MR) is 87.2 cm³/mol. The molecule has 0 aromatic heterocycles. The zero-order valence-corrected chi connectivity index (χ0v) is 14.7. The third kappa shape index (κ3) is 1.78. The largest absolute Gasteiger partial charge is 0.458 e. The summed E-state index contributed by atoms with van der Waals surface area (Å²) in [5.41, 5.74) is -0.173. The lowest BCUT2D eigenvalue weighted by atomic mass is 9.51. The summed E-state index contributed by atoms with van der Waals surface area (Å²) in [4.78, 5) is 12.1. The maximum Gasteiger partial charge on any atom is 0.330 e. The molecule has 0 aromatic carbocycles. The smallest absolute Gasteiger partial charge is 0.330 e. The summed E-state index contributed by atoms with van der Waals surface area (Å²) in [6, 6.07) is 0. The molecule has 4 rings (SSSR count). The minimum Gasteiger partial charge on any atom is -0.458 e. The molecule has 3 fully saturated rings. The van der Waals surface area contributed by atoms with E-state index in [1.165, 1.54) is 6.08 Å². The Bertz CT molecular complexity index is 634. The van der Waals surface area contributed by atoms with Crippen LogP contribution in [0.1, 0.15) is 40.5 Å². The van der Waals surface area contributed by atoms with Crippen molar-refractivity contribution in [3.05, 3.63) is 23.8 Å². The zero-order valence-electron chi connectivity index (χ0n) is 14.7. The Kier molecular flexibility index (Phi) is 3.35. The van der Waals surface area contributed by atoms with E-state index in [9.17, 15) is 9.90 Å². The van der Waals surface area contributed by atoms with Crippen LogP contribution in [0.2, 0.25) is 0 Å². The third-order valence-corrected chi connectivity index (χ3v) is 7.17. The average Bonchev–Trinajstić information content (AvgIpc) is 3.27. The topological polar surface area (TPSA) is 68.3 Å². The van der Waals surface area contributed by atoms with Gasteiger partial charge in [0.2, 0.25) is 0 Å². The summed E-state index contributed by atoms with van der Waals surface area (Å²) >= 11 is 0. The van der Waals surface area contributed by atoms with Crippen LogP contribution in [-0.4, -0.2) is 47.7 Å². The van der Waals surface area contributed by atoms with Gasteiger partial charge in [-0.05, 0) is 25.8 Å². The molecule has 7 atom stereocenters. The number of carbonyl (C=O) groups excluding carboxylic acids is 1. The molecule has 0 aromatic rings. The minimum absolute atomic E-state index is 0.0664. The Hall–Kier alpha value is -1.17. The summed E-state index contributed by atoms with van der Waals surface area (Å²) < 4.78 is 18.2. The number of fused-ring (bicyclic) bond motifs is 2. The van der Waals surface area contributed by atoms with Crippen molar-refractivity contribution in [2.45, 2.75) is 70.6 Å². The van der Waals surface area contributed by atoms with Crippen LogP contribution >= 0.6 is 0 Å². The van der Waals surface area contributed by atoms with Crippen LogP contribution in [-0.2, 0) is 19.0 Å². The number of allylic oxidation sites excluding steroid dienone is 1. The SMILES string of the molecule is C/C=C\C(=O)O[C@@H]1C[C@H]2O[C@@H]3C=C(C)[C@@H](O)C[C@]3(C)[C@]1(C)[C@]21CO1. The van der Waals surface area contributed by atoms with Gasteiger partial charge in [-0.3, -0.25) is 0 Å². The van der Waals surface area contributed by atoms with Crippen molar-refractivity contribution in [3.8, 4) is 0 Å². The van der Waals surface area contributed by atoms with E-state index >= 15 is 0 Å². The number of ether oxygens (including phenoxy) is 3. The molecule has 4 aliphatic rings. The van der Waals surface area contributed by atoms with Crippen LogP contribution in [0.4, 0.5) is 0 Å². The first-order valence-corrected chi connectivity index (χ1v) is 8.77. The van der Waals surface area contributed by atoms with Gasteiger partial charge in [-0.1, -0.05) is 26.0 Å². The summed E-state index contributed by atoms with van der Waals surface area (Å²) in [6.45, 7) is 8.68. The highest BCUT2D eigenvalue weighted by molar-refractivity contribution is 5.82. The van der Waals surface area contributed by atoms with Crippen LogP contribution in [0.25, 0.3) is 0 Å². The fraction of sp³-hybridized carbons (Fsp3) is 0.737. The molecule has 0 amide bonds. The first kappa shape index (κ1) is 16.3. The quantitative estimate of drug-likeness (QED) is 0.363. The highest BCUT2D eigenvalue weighted by atomic mass is 16.6. The molecule has 0 unspecified atom stereocenters. The number of rotatable bonds is 2. The number of hydrogen-bond acceptors (Lipinski definition) is 5. The molecule has 0 radical (unpaired) electrons. The van der Waals surface area contributed by atoms with Gasteiger partial charge in [0.05, 0.1) is 24.9 Å². The van der Waals surface area contributed by atoms with E-state index in [0.717, 1.165) is 5.57 Å². The highest BCUT2D eigenvalue weighted by Crippen LogP contribution is 2.71. The lowest BCUT2D eigenvalue weighted by Crippen LogP contribution is -2.65. The lowest BCUT2D eigenvalue weighted by Gasteiger charge is -2.58. The maximum absolute atomic E-state index is 12.1. The Morgan fingerprint density at radius 3 is 2.79 bits per heavy atom. The van der Waals surface area contributed by atoms with Crippen molar-refractivity contribution in [2.75, 3.05) is 6.61 Å². The molecule has 2 bridgehead atoms. The third-order valence-electron chi connectivity index (χ3n) is 7.17. The van der Waals surface area contributed by atoms with Gasteiger partial charge >= 0.3 is 5.97 Å². The second-order valence-corrected chi connectivity index (χ2v) is 8.14. The highest BCUT2D eigenvalue weighted by Gasteiger charge is 2.81. The van der Waals surface area contributed by atoms with Gasteiger partial charge in [0, 0.05) is 23.3 Å². The minimum atomic E-state index is -0.494. The molecule has 5 heteroatoms. The van der Waals surface area contributed by atoms with E-state index in [1.54, 1.807) is 13.0 Å². The average molecular weight is 334 g/mol. The number of carbonyl (C=O) groups is 1. The fourth-order valence-electron chi connectivity index (χ4n) is 5.38. The summed E-state index contributed by atoms with van der Waals surface area (Å²) in [5.74, 6) is -0.324. The zero-order chi connectivity index (χ0) is 17.3. The predicted octanol–water partition coefficient (Wildman–Crippen LogP) is 2.14. The Balaban J connectivity index is 1.76. The maximum atomic E-state index is 12.1. The molecular weight excluding hydrogens is 308 g/mol. The van der Waals surface area contributed by atoms with Gasteiger partial charge in [0.1, 0.15) is 11.7 Å². The van der Waals surface area contributed by atoms with E-state index in [1.807, 2.05) is 13.0 Å². The van der Waals surface area contributed by atoms with Crippen LogP contribution in [0.15, 0.2) is 23.8 Å². The summed E-state index contributed by atoms with van der Waals surface area (Å²) in [6.07, 6.45) is 5.50. The normalized spacial score (nSPS) is 52.3. The molecule has 2 saturated heterocycles. The van der Waals surface area contributed by atoms with Crippen molar-refractivity contribution in [1.29, 1.82) is 0 Å².